The summed E-state index contributed by atoms with van der Waals surface area (Å²) in [5, 5.41) is 0. The van der Waals surface area contributed by atoms with Gasteiger partial charge in [0.1, 0.15) is 5.78 Å². The van der Waals surface area contributed by atoms with Crippen molar-refractivity contribution >= 4 is 11.6 Å². The fraction of sp³-hybridized carbons (Fsp3) is 0.839. The fourth-order valence-electron chi connectivity index (χ4n) is 10.5. The summed E-state index contributed by atoms with van der Waals surface area (Å²) in [4.78, 5) is 30.9. The van der Waals surface area contributed by atoms with Gasteiger partial charge in [0.25, 0.3) is 0 Å². The Morgan fingerprint density at radius 3 is 2.39 bits per heavy atom. The minimum Gasteiger partial charge on any atom is -0.350 e. The second kappa shape index (κ2) is 8.23. The lowest BCUT2D eigenvalue weighted by molar-refractivity contribution is -0.226. The van der Waals surface area contributed by atoms with E-state index in [9.17, 15) is 14.0 Å². The van der Waals surface area contributed by atoms with Crippen LogP contribution < -0.4 is 0 Å². The third kappa shape index (κ3) is 3.31. The Morgan fingerprint density at radius 1 is 1.03 bits per heavy atom. The Bertz CT molecular complexity index is 1040. The number of carbonyl (C=O) groups is 2. The van der Waals surface area contributed by atoms with Crippen LogP contribution in [-0.4, -0.2) is 25.0 Å². The van der Waals surface area contributed by atoms with E-state index in [0.29, 0.717) is 18.8 Å². The van der Waals surface area contributed by atoms with Crippen molar-refractivity contribution in [3.63, 3.8) is 0 Å². The van der Waals surface area contributed by atoms with Crippen molar-refractivity contribution in [2.45, 2.75) is 92.9 Å². The van der Waals surface area contributed by atoms with Gasteiger partial charge in [-0.05, 0) is 89.8 Å². The van der Waals surface area contributed by atoms with E-state index in [0.717, 1.165) is 44.9 Å². The summed E-state index contributed by atoms with van der Waals surface area (Å²) in [5.74, 6) is 0.626. The molecule has 5 heteroatoms. The second-order valence-electron chi connectivity index (χ2n) is 14.6. The van der Waals surface area contributed by atoms with E-state index in [1.54, 1.807) is 0 Å². The summed E-state index contributed by atoms with van der Waals surface area (Å²) in [6, 6.07) is 0. The molecule has 198 valence electrons. The number of hydrogen-bond donors (Lipinski definition) is 0. The van der Waals surface area contributed by atoms with Crippen LogP contribution >= 0.6 is 0 Å². The van der Waals surface area contributed by atoms with Crippen molar-refractivity contribution in [2.24, 2.45) is 56.7 Å². The van der Waals surface area contributed by atoms with Gasteiger partial charge in [-0.1, -0.05) is 47.6 Å². The van der Waals surface area contributed by atoms with Crippen molar-refractivity contribution in [3.8, 4) is 0 Å². The predicted molar refractivity (Wildman–Crippen MR) is 137 cm³/mol. The SMILES string of the molecule is [C-]#[N+]C1=C[C@]2(C)[C@H]3CC(=O)[C@@H]4[C@@H]5CC(C)(C)CC[C@]5(COCF)CC[C@@]4(C)[C@]3(C)CC[C@H]2[C@H](C)C1=O. The lowest BCUT2D eigenvalue weighted by Gasteiger charge is -2.71. The number of rotatable bonds is 3. The average Bonchev–Trinajstić information content (AvgIpc) is 2.82. The van der Waals surface area contributed by atoms with Gasteiger partial charge in [-0.2, -0.15) is 0 Å². The van der Waals surface area contributed by atoms with E-state index in [4.69, 9.17) is 11.3 Å². The van der Waals surface area contributed by atoms with Gasteiger partial charge in [0.2, 0.25) is 5.70 Å². The standard InChI is InChI=1S/C31H44FNO3/c1-19-20-8-9-29(5)24(28(20,4)16-22(33-7)26(19)35)14-23(34)25-21-15-27(2,3)10-12-31(21,17-36-18-32)13-11-30(25,29)6/h16,19-21,24-25H,8-15,17-18H2,1-6H3/t19-,20-,21-,24+,25-,28-,29+,30+,31+/m0/s1. The molecule has 5 rings (SSSR count). The molecule has 4 saturated carbocycles. The first-order valence-electron chi connectivity index (χ1n) is 14.1. The number of halogens is 1. The topological polar surface area (TPSA) is 47.7 Å². The van der Waals surface area contributed by atoms with Crippen LogP contribution in [0, 0.1) is 63.2 Å². The maximum atomic E-state index is 14.4. The Morgan fingerprint density at radius 2 is 1.72 bits per heavy atom. The highest BCUT2D eigenvalue weighted by molar-refractivity contribution is 6.00. The number of ether oxygens (including phenoxy) is 1. The molecular weight excluding hydrogens is 453 g/mol. The van der Waals surface area contributed by atoms with E-state index in [-0.39, 0.29) is 68.1 Å². The Balaban J connectivity index is 1.60. The van der Waals surface area contributed by atoms with E-state index in [1.165, 1.54) is 0 Å². The first-order chi connectivity index (χ1) is 16.8. The number of hydrogen-bond acceptors (Lipinski definition) is 3. The molecule has 0 unspecified atom stereocenters. The molecule has 4 fully saturated rings. The molecule has 0 spiro atoms. The largest absolute Gasteiger partial charge is 0.350 e. The number of alkyl halides is 1. The summed E-state index contributed by atoms with van der Waals surface area (Å²) < 4.78 is 18.7. The Hall–Kier alpha value is -1.54. The lowest BCUT2D eigenvalue weighted by atomic mass is 9.32. The minimum absolute atomic E-state index is 0.0259. The molecule has 0 saturated heterocycles. The zero-order valence-electron chi connectivity index (χ0n) is 23.1. The van der Waals surface area contributed by atoms with Crippen LogP contribution in [0.2, 0.25) is 0 Å². The highest BCUT2D eigenvalue weighted by atomic mass is 19.1. The van der Waals surface area contributed by atoms with Crippen LogP contribution in [0.15, 0.2) is 11.8 Å². The predicted octanol–water partition coefficient (Wildman–Crippen LogP) is 7.19. The van der Waals surface area contributed by atoms with Gasteiger partial charge < -0.3 is 9.53 Å². The van der Waals surface area contributed by atoms with Crippen LogP contribution in [0.5, 0.6) is 0 Å². The molecule has 0 bridgehead atoms. The molecule has 0 N–H and O–H groups in total. The van der Waals surface area contributed by atoms with Gasteiger partial charge in [0.05, 0.1) is 13.2 Å². The molecule has 9 atom stereocenters. The van der Waals surface area contributed by atoms with E-state index in [2.05, 4.69) is 39.5 Å². The van der Waals surface area contributed by atoms with E-state index < -0.39 is 6.86 Å². The molecule has 0 heterocycles. The van der Waals surface area contributed by atoms with Gasteiger partial charge in [-0.25, -0.2) is 9.24 Å². The van der Waals surface area contributed by atoms with E-state index in [1.807, 2.05) is 13.0 Å². The number of allylic oxidation sites excluding steroid dienone is 2. The number of ketones is 2. The maximum absolute atomic E-state index is 14.4. The minimum atomic E-state index is -0.764. The lowest BCUT2D eigenvalue weighted by Crippen LogP contribution is -2.68. The van der Waals surface area contributed by atoms with Gasteiger partial charge in [-0.3, -0.25) is 4.79 Å². The smallest absolute Gasteiger partial charge is 0.226 e. The highest BCUT2D eigenvalue weighted by Crippen LogP contribution is 2.75. The summed E-state index contributed by atoms with van der Waals surface area (Å²) >= 11 is 0. The monoisotopic (exact) mass is 497 g/mol. The van der Waals surface area contributed by atoms with Crippen molar-refractivity contribution in [2.75, 3.05) is 13.5 Å². The van der Waals surface area contributed by atoms with Crippen molar-refractivity contribution in [1.82, 2.24) is 0 Å². The number of Topliss-reactive ketones (excluding diaryl/α,β-unsaturated/α-hetero) is 2. The molecular formula is C31H44FNO3. The molecule has 0 aromatic carbocycles. The molecule has 5 aliphatic carbocycles. The van der Waals surface area contributed by atoms with Crippen LogP contribution in [0.25, 0.3) is 4.85 Å². The molecule has 0 aromatic rings. The fourth-order valence-corrected chi connectivity index (χ4v) is 10.5. The molecule has 0 amide bonds. The maximum Gasteiger partial charge on any atom is 0.226 e. The molecule has 0 radical (unpaired) electrons. The number of nitrogens with zero attached hydrogens (tertiary/aromatic N) is 1. The van der Waals surface area contributed by atoms with Crippen molar-refractivity contribution in [3.05, 3.63) is 23.2 Å². The summed E-state index contributed by atoms with van der Waals surface area (Å²) in [7, 11) is 0. The molecule has 0 aromatic heterocycles. The van der Waals surface area contributed by atoms with Gasteiger partial charge in [-0.15, -0.1) is 0 Å². The molecule has 5 aliphatic rings. The second-order valence-corrected chi connectivity index (χ2v) is 14.6. The normalized spacial score (nSPS) is 49.6. The van der Waals surface area contributed by atoms with Crippen LogP contribution in [-0.2, 0) is 14.3 Å². The highest BCUT2D eigenvalue weighted by Gasteiger charge is 2.71. The van der Waals surface area contributed by atoms with Crippen molar-refractivity contribution < 1.29 is 18.7 Å². The quantitative estimate of drug-likeness (QED) is 0.388. The third-order valence-corrected chi connectivity index (χ3v) is 12.7. The van der Waals surface area contributed by atoms with Crippen LogP contribution in [0.4, 0.5) is 4.39 Å². The van der Waals surface area contributed by atoms with Crippen LogP contribution in [0.3, 0.4) is 0 Å². The average molecular weight is 498 g/mol. The summed E-state index contributed by atoms with van der Waals surface area (Å²) in [6.45, 7) is 21.0. The zero-order chi connectivity index (χ0) is 26.3. The first-order valence-corrected chi connectivity index (χ1v) is 14.1. The third-order valence-electron chi connectivity index (χ3n) is 12.7. The summed E-state index contributed by atoms with van der Waals surface area (Å²) in [6.07, 6.45) is 9.48. The number of carbonyl (C=O) groups excluding carboxylic acids is 2. The first kappa shape index (κ1) is 26.1. The Labute approximate surface area is 216 Å². The van der Waals surface area contributed by atoms with Crippen molar-refractivity contribution in [1.29, 1.82) is 0 Å². The van der Waals surface area contributed by atoms with Gasteiger partial charge in [0.15, 0.2) is 12.6 Å². The molecule has 4 nitrogen and oxygen atoms in total. The zero-order valence-corrected chi connectivity index (χ0v) is 23.1. The van der Waals surface area contributed by atoms with Crippen LogP contribution in [0.1, 0.15) is 92.9 Å². The number of fused-ring (bicyclic) bond motifs is 7. The van der Waals surface area contributed by atoms with E-state index >= 15 is 0 Å². The van der Waals surface area contributed by atoms with Gasteiger partial charge >= 0.3 is 0 Å². The Kier molecular flexibility index (Phi) is 5.96. The molecule has 0 aliphatic heterocycles. The molecule has 36 heavy (non-hydrogen) atoms. The van der Waals surface area contributed by atoms with Gasteiger partial charge in [0, 0.05) is 18.3 Å². The summed E-state index contributed by atoms with van der Waals surface area (Å²) in [5.41, 5.74) is -0.234.